The molecule has 1 saturated heterocycles. The number of ether oxygens (including phenoxy) is 1. The van der Waals surface area contributed by atoms with Gasteiger partial charge in [0.15, 0.2) is 6.23 Å². The molecule has 5 heteroatoms. The fraction of sp³-hybridized carbons (Fsp3) is 0.222. The van der Waals surface area contributed by atoms with Crippen LogP contribution in [-0.2, 0) is 4.74 Å². The molecule has 0 saturated carbocycles. The van der Waals surface area contributed by atoms with E-state index in [-0.39, 0.29) is 12.3 Å². The predicted octanol–water partition coefficient (Wildman–Crippen LogP) is 2.36. The summed E-state index contributed by atoms with van der Waals surface area (Å²) in [5.41, 5.74) is 1.70. The lowest BCUT2D eigenvalue weighted by molar-refractivity contribution is 0.360. The maximum Gasteiger partial charge on any atom is 0.159 e. The summed E-state index contributed by atoms with van der Waals surface area (Å²) >= 11 is 11.9. The molecule has 1 N–H and O–H groups in total. The molecule has 1 aromatic rings. The van der Waals surface area contributed by atoms with Gasteiger partial charge in [0, 0.05) is 11.8 Å². The van der Waals surface area contributed by atoms with E-state index >= 15 is 0 Å². The van der Waals surface area contributed by atoms with Crippen LogP contribution in [0.4, 0.5) is 0 Å². The number of epoxide rings is 1. The zero-order chi connectivity index (χ0) is 9.71. The standard InChI is InChI=1S/C9H6Cl2N2O/c10-4-3-6(11)13-5-1-2-12-9-8(14-9)7(4)5/h1-3,8-9,12H. The number of pyridine rings is 1. The Morgan fingerprint density at radius 1 is 1.43 bits per heavy atom. The van der Waals surface area contributed by atoms with Gasteiger partial charge in [0.05, 0.1) is 10.7 Å². The lowest BCUT2D eigenvalue weighted by Gasteiger charge is -2.04. The fourth-order valence-corrected chi connectivity index (χ4v) is 2.17. The van der Waals surface area contributed by atoms with Crippen molar-refractivity contribution in [3.05, 3.63) is 33.7 Å². The van der Waals surface area contributed by atoms with Crippen molar-refractivity contribution in [1.29, 1.82) is 0 Å². The number of fused-ring (bicyclic) bond motifs is 3. The van der Waals surface area contributed by atoms with Gasteiger partial charge in [-0.25, -0.2) is 4.98 Å². The molecule has 0 aromatic carbocycles. The topological polar surface area (TPSA) is 37.5 Å². The van der Waals surface area contributed by atoms with Crippen LogP contribution in [0.15, 0.2) is 12.3 Å². The fourth-order valence-electron chi connectivity index (χ4n) is 1.60. The first-order chi connectivity index (χ1) is 6.75. The number of halogens is 2. The molecule has 1 fully saturated rings. The quantitative estimate of drug-likeness (QED) is 0.548. The number of nitrogens with one attached hydrogen (secondary N) is 1. The average molecular weight is 229 g/mol. The van der Waals surface area contributed by atoms with Crippen LogP contribution in [0.3, 0.4) is 0 Å². The highest BCUT2D eigenvalue weighted by molar-refractivity contribution is 6.34. The van der Waals surface area contributed by atoms with E-state index in [0.29, 0.717) is 10.2 Å². The van der Waals surface area contributed by atoms with E-state index in [1.54, 1.807) is 12.3 Å². The third-order valence-electron chi connectivity index (χ3n) is 2.28. The molecule has 2 aliphatic heterocycles. The summed E-state index contributed by atoms with van der Waals surface area (Å²) in [7, 11) is 0. The average Bonchev–Trinajstić information content (AvgIpc) is 2.80. The highest BCUT2D eigenvalue weighted by Crippen LogP contribution is 2.43. The Kier molecular flexibility index (Phi) is 1.74. The third-order valence-corrected chi connectivity index (χ3v) is 2.79. The normalized spacial score (nSPS) is 27.3. The molecule has 0 spiro atoms. The molecule has 2 aliphatic rings. The summed E-state index contributed by atoms with van der Waals surface area (Å²) in [6.45, 7) is 0. The molecule has 0 aliphatic carbocycles. The van der Waals surface area contributed by atoms with Crippen LogP contribution in [0, 0.1) is 0 Å². The van der Waals surface area contributed by atoms with Crippen LogP contribution in [0.1, 0.15) is 17.4 Å². The molecule has 0 radical (unpaired) electrons. The molecule has 3 rings (SSSR count). The SMILES string of the molecule is Clc1cc(Cl)c2c(n1)C=CNC1OC21. The third kappa shape index (κ3) is 1.21. The molecular weight excluding hydrogens is 223 g/mol. The molecule has 2 atom stereocenters. The second-order valence-corrected chi connectivity index (χ2v) is 4.00. The Morgan fingerprint density at radius 3 is 3.14 bits per heavy atom. The van der Waals surface area contributed by atoms with Gasteiger partial charge in [-0.2, -0.15) is 0 Å². The first kappa shape index (κ1) is 8.53. The minimum absolute atomic E-state index is 0.0114. The Balaban J connectivity index is 2.22. The maximum absolute atomic E-state index is 6.08. The van der Waals surface area contributed by atoms with Crippen molar-refractivity contribution in [2.45, 2.75) is 12.3 Å². The minimum Gasteiger partial charge on any atom is -0.364 e. The molecule has 14 heavy (non-hydrogen) atoms. The first-order valence-corrected chi connectivity index (χ1v) is 4.95. The first-order valence-electron chi connectivity index (χ1n) is 4.20. The van der Waals surface area contributed by atoms with Crippen LogP contribution >= 0.6 is 23.2 Å². The van der Waals surface area contributed by atoms with Gasteiger partial charge in [-0.3, -0.25) is 0 Å². The number of nitrogens with zero attached hydrogens (tertiary/aromatic N) is 1. The van der Waals surface area contributed by atoms with Crippen molar-refractivity contribution in [2.75, 3.05) is 0 Å². The van der Waals surface area contributed by atoms with E-state index in [1.807, 2.05) is 6.08 Å². The van der Waals surface area contributed by atoms with Crippen LogP contribution in [0.2, 0.25) is 10.2 Å². The van der Waals surface area contributed by atoms with Crippen LogP contribution in [0.25, 0.3) is 6.08 Å². The smallest absolute Gasteiger partial charge is 0.159 e. The van der Waals surface area contributed by atoms with Gasteiger partial charge in [-0.05, 0) is 12.1 Å². The molecule has 3 nitrogen and oxygen atoms in total. The van der Waals surface area contributed by atoms with Gasteiger partial charge in [-0.15, -0.1) is 0 Å². The van der Waals surface area contributed by atoms with Gasteiger partial charge in [0.1, 0.15) is 11.3 Å². The Bertz CT molecular complexity index is 433. The minimum atomic E-state index is 0.0114. The molecule has 0 bridgehead atoms. The molecule has 0 amide bonds. The molecular formula is C9H6Cl2N2O. The van der Waals surface area contributed by atoms with Crippen molar-refractivity contribution in [3.8, 4) is 0 Å². The van der Waals surface area contributed by atoms with E-state index in [9.17, 15) is 0 Å². The van der Waals surface area contributed by atoms with Crippen molar-refractivity contribution in [2.24, 2.45) is 0 Å². The van der Waals surface area contributed by atoms with Crippen LogP contribution in [-0.4, -0.2) is 11.2 Å². The summed E-state index contributed by atoms with van der Waals surface area (Å²) in [6, 6.07) is 1.64. The Labute approximate surface area is 90.7 Å². The maximum atomic E-state index is 6.08. The van der Waals surface area contributed by atoms with Crippen molar-refractivity contribution < 1.29 is 4.74 Å². The number of aromatic nitrogens is 1. The van der Waals surface area contributed by atoms with E-state index in [4.69, 9.17) is 27.9 Å². The lowest BCUT2D eigenvalue weighted by atomic mass is 10.1. The Morgan fingerprint density at radius 2 is 2.29 bits per heavy atom. The zero-order valence-corrected chi connectivity index (χ0v) is 8.51. The predicted molar refractivity (Wildman–Crippen MR) is 54.0 cm³/mol. The van der Waals surface area contributed by atoms with Gasteiger partial charge in [0.2, 0.25) is 0 Å². The summed E-state index contributed by atoms with van der Waals surface area (Å²) in [5, 5.41) is 4.08. The van der Waals surface area contributed by atoms with Gasteiger partial charge in [-0.1, -0.05) is 23.2 Å². The van der Waals surface area contributed by atoms with Gasteiger partial charge in [0.25, 0.3) is 0 Å². The highest BCUT2D eigenvalue weighted by Gasteiger charge is 2.43. The van der Waals surface area contributed by atoms with Crippen LogP contribution < -0.4 is 5.32 Å². The van der Waals surface area contributed by atoms with E-state index < -0.39 is 0 Å². The monoisotopic (exact) mass is 228 g/mol. The van der Waals surface area contributed by atoms with Crippen molar-refractivity contribution >= 4 is 29.3 Å². The van der Waals surface area contributed by atoms with Crippen molar-refractivity contribution in [1.82, 2.24) is 10.3 Å². The summed E-state index contributed by atoms with van der Waals surface area (Å²) in [6.07, 6.45) is 3.70. The highest BCUT2D eigenvalue weighted by atomic mass is 35.5. The number of rotatable bonds is 0. The van der Waals surface area contributed by atoms with Crippen molar-refractivity contribution in [3.63, 3.8) is 0 Å². The van der Waals surface area contributed by atoms with E-state index in [2.05, 4.69) is 10.3 Å². The van der Waals surface area contributed by atoms with Crippen LogP contribution in [0.5, 0.6) is 0 Å². The second-order valence-electron chi connectivity index (χ2n) is 3.20. The molecule has 2 unspecified atom stereocenters. The summed E-state index contributed by atoms with van der Waals surface area (Å²) in [5.74, 6) is 0. The van der Waals surface area contributed by atoms with Gasteiger partial charge < -0.3 is 10.1 Å². The molecule has 1 aromatic heterocycles. The summed E-state index contributed by atoms with van der Waals surface area (Å²) < 4.78 is 5.38. The van der Waals surface area contributed by atoms with Gasteiger partial charge >= 0.3 is 0 Å². The largest absolute Gasteiger partial charge is 0.364 e. The number of hydrogen-bond donors (Lipinski definition) is 1. The molecule has 3 heterocycles. The lowest BCUT2D eigenvalue weighted by Crippen LogP contribution is -2.08. The Hall–Kier alpha value is -0.770. The van der Waals surface area contributed by atoms with E-state index in [0.717, 1.165) is 11.3 Å². The number of hydrogen-bond acceptors (Lipinski definition) is 3. The molecule has 72 valence electrons. The second kappa shape index (κ2) is 2.86. The van der Waals surface area contributed by atoms with E-state index in [1.165, 1.54) is 0 Å². The zero-order valence-electron chi connectivity index (χ0n) is 7.00. The summed E-state index contributed by atoms with van der Waals surface area (Å²) in [4.78, 5) is 4.19.